The first kappa shape index (κ1) is 20.8. The van der Waals surface area contributed by atoms with Crippen molar-refractivity contribution >= 4 is 33.7 Å². The highest BCUT2D eigenvalue weighted by Gasteiger charge is 2.17. The summed E-state index contributed by atoms with van der Waals surface area (Å²) in [5.41, 5.74) is 3.26. The highest BCUT2D eigenvalue weighted by Crippen LogP contribution is 2.25. The number of thioether (sulfide) groups is 1. The molecule has 0 bridgehead atoms. The van der Waals surface area contributed by atoms with Crippen molar-refractivity contribution in [3.8, 4) is 5.75 Å². The number of aliphatic carboxylic acids is 1. The predicted octanol–water partition coefficient (Wildman–Crippen LogP) is 4.63. The first-order chi connectivity index (χ1) is 12.5. The molecule has 140 valence electrons. The number of hydrogen-bond acceptors (Lipinski definition) is 4. The lowest BCUT2D eigenvalue weighted by atomic mass is 10.1. The summed E-state index contributed by atoms with van der Waals surface area (Å²) in [5.74, 6) is 0.744. The highest BCUT2D eigenvalue weighted by atomic mass is 79.9. The highest BCUT2D eigenvalue weighted by molar-refractivity contribution is 9.10. The zero-order valence-corrected chi connectivity index (χ0v) is 17.4. The van der Waals surface area contributed by atoms with Gasteiger partial charge in [-0.15, -0.1) is 0 Å². The molecule has 1 atom stereocenters. The average molecular weight is 438 g/mol. The maximum atomic E-state index is 11.4. The molecular formula is C20H24BrNO3S. The second kappa shape index (κ2) is 10.6. The van der Waals surface area contributed by atoms with Gasteiger partial charge in [-0.3, -0.25) is 4.79 Å². The van der Waals surface area contributed by atoms with Crippen molar-refractivity contribution in [1.29, 1.82) is 0 Å². The van der Waals surface area contributed by atoms with Crippen LogP contribution in [-0.4, -0.2) is 29.1 Å². The molecule has 0 heterocycles. The van der Waals surface area contributed by atoms with Gasteiger partial charge in [0.05, 0.1) is 0 Å². The van der Waals surface area contributed by atoms with E-state index in [9.17, 15) is 9.90 Å². The summed E-state index contributed by atoms with van der Waals surface area (Å²) in [4.78, 5) is 11.4. The van der Waals surface area contributed by atoms with Crippen LogP contribution in [0.2, 0.25) is 0 Å². The zero-order valence-electron chi connectivity index (χ0n) is 15.0. The van der Waals surface area contributed by atoms with Crippen LogP contribution in [-0.2, 0) is 17.9 Å². The van der Waals surface area contributed by atoms with Crippen molar-refractivity contribution in [2.45, 2.75) is 32.5 Å². The molecule has 4 nitrogen and oxygen atoms in total. The van der Waals surface area contributed by atoms with E-state index in [4.69, 9.17) is 4.74 Å². The third-order valence-electron chi connectivity index (χ3n) is 4.11. The van der Waals surface area contributed by atoms with Gasteiger partial charge in [0.2, 0.25) is 0 Å². The Morgan fingerprint density at radius 2 is 2.04 bits per heavy atom. The minimum atomic E-state index is -0.823. The van der Waals surface area contributed by atoms with Crippen LogP contribution in [0.15, 0.2) is 46.9 Å². The average Bonchev–Trinajstić information content (AvgIpc) is 2.62. The molecule has 2 aromatic carbocycles. The number of halogens is 1. The number of carboxylic acid groups (broad SMARTS) is 1. The molecule has 6 heteroatoms. The van der Waals surface area contributed by atoms with E-state index in [1.165, 1.54) is 5.56 Å². The minimum absolute atomic E-state index is 0.438. The van der Waals surface area contributed by atoms with Gasteiger partial charge in [-0.1, -0.05) is 40.2 Å². The normalized spacial score (nSPS) is 12.0. The molecule has 0 aromatic heterocycles. The molecule has 26 heavy (non-hydrogen) atoms. The van der Waals surface area contributed by atoms with Gasteiger partial charge in [-0.2, -0.15) is 11.8 Å². The quantitative estimate of drug-likeness (QED) is 0.567. The molecule has 0 spiro atoms. The summed E-state index contributed by atoms with van der Waals surface area (Å²) in [6.07, 6.45) is 2.56. The van der Waals surface area contributed by atoms with Crippen LogP contribution in [0.3, 0.4) is 0 Å². The molecule has 0 amide bonds. The number of hydrogen-bond donors (Lipinski definition) is 2. The fraction of sp³-hybridized carbons (Fsp3) is 0.350. The Balaban J connectivity index is 2.06. The Kier molecular flexibility index (Phi) is 8.48. The molecule has 2 rings (SSSR count). The van der Waals surface area contributed by atoms with Gasteiger partial charge in [-0.25, -0.2) is 0 Å². The second-order valence-corrected chi connectivity index (χ2v) is 7.92. The Morgan fingerprint density at radius 1 is 1.27 bits per heavy atom. The van der Waals surface area contributed by atoms with Crippen LogP contribution in [0.5, 0.6) is 5.75 Å². The third kappa shape index (κ3) is 6.34. The molecular weight excluding hydrogens is 414 g/mol. The monoisotopic (exact) mass is 437 g/mol. The summed E-state index contributed by atoms with van der Waals surface area (Å²) < 4.78 is 6.96. The maximum Gasteiger partial charge on any atom is 0.320 e. The van der Waals surface area contributed by atoms with Crippen LogP contribution in [0.25, 0.3) is 0 Å². The van der Waals surface area contributed by atoms with E-state index in [2.05, 4.69) is 40.3 Å². The van der Waals surface area contributed by atoms with Crippen molar-refractivity contribution in [3.63, 3.8) is 0 Å². The smallest absolute Gasteiger partial charge is 0.320 e. The fourth-order valence-corrected chi connectivity index (χ4v) is 3.42. The van der Waals surface area contributed by atoms with Crippen molar-refractivity contribution in [3.05, 3.63) is 63.6 Å². The maximum absolute atomic E-state index is 11.4. The van der Waals surface area contributed by atoms with E-state index in [1.54, 1.807) is 11.8 Å². The number of carbonyl (C=O) groups is 1. The van der Waals surface area contributed by atoms with Gasteiger partial charge in [0.15, 0.2) is 0 Å². The fourth-order valence-electron chi connectivity index (χ4n) is 2.54. The van der Waals surface area contributed by atoms with E-state index >= 15 is 0 Å². The summed E-state index contributed by atoms with van der Waals surface area (Å²) in [7, 11) is 0. The number of nitrogens with one attached hydrogen (secondary N) is 1. The van der Waals surface area contributed by atoms with Gasteiger partial charge < -0.3 is 15.2 Å². The first-order valence-electron chi connectivity index (χ1n) is 8.42. The Bertz CT molecular complexity index is 739. The van der Waals surface area contributed by atoms with E-state index < -0.39 is 12.0 Å². The van der Waals surface area contributed by atoms with Crippen molar-refractivity contribution < 1.29 is 14.6 Å². The van der Waals surface area contributed by atoms with E-state index in [1.807, 2.05) is 36.6 Å². The van der Waals surface area contributed by atoms with Gasteiger partial charge in [0.25, 0.3) is 0 Å². The van der Waals surface area contributed by atoms with Gasteiger partial charge in [-0.05, 0) is 54.7 Å². The number of carboxylic acids is 1. The predicted molar refractivity (Wildman–Crippen MR) is 111 cm³/mol. The lowest BCUT2D eigenvalue weighted by molar-refractivity contribution is -0.139. The molecule has 0 radical (unpaired) electrons. The largest absolute Gasteiger partial charge is 0.489 e. The van der Waals surface area contributed by atoms with Gasteiger partial charge in [0, 0.05) is 16.6 Å². The molecule has 0 saturated carbocycles. The summed E-state index contributed by atoms with van der Waals surface area (Å²) in [5, 5.41) is 12.5. The van der Waals surface area contributed by atoms with E-state index in [-0.39, 0.29) is 0 Å². The van der Waals surface area contributed by atoms with E-state index in [0.717, 1.165) is 27.1 Å². The summed E-state index contributed by atoms with van der Waals surface area (Å²) >= 11 is 5.13. The number of rotatable bonds is 10. The molecule has 2 N–H and O–H groups in total. The third-order valence-corrected chi connectivity index (χ3v) is 5.25. The molecule has 0 aliphatic rings. The Hall–Kier alpha value is -1.50. The number of aryl methyl sites for hydroxylation is 1. The van der Waals surface area contributed by atoms with Crippen molar-refractivity contribution in [2.75, 3.05) is 12.0 Å². The molecule has 0 aliphatic carbocycles. The van der Waals surface area contributed by atoms with Crippen molar-refractivity contribution in [2.24, 2.45) is 0 Å². The molecule has 1 unspecified atom stereocenters. The Labute approximate surface area is 167 Å². The molecule has 0 fully saturated rings. The van der Waals surface area contributed by atoms with Crippen LogP contribution < -0.4 is 10.1 Å². The number of benzene rings is 2. The van der Waals surface area contributed by atoms with Crippen molar-refractivity contribution in [1.82, 2.24) is 5.32 Å². The standard InChI is InChI=1S/C20H24BrNO3S/c1-14-5-3-4-6-15(14)13-25-19-8-7-17(21)11-16(19)12-22-18(20(23)24)9-10-26-2/h3-8,11,18,22H,9-10,12-13H2,1-2H3,(H,23,24). The zero-order chi connectivity index (χ0) is 18.9. The van der Waals surface area contributed by atoms with Gasteiger partial charge in [0.1, 0.15) is 18.4 Å². The van der Waals surface area contributed by atoms with Crippen LogP contribution in [0.1, 0.15) is 23.1 Å². The minimum Gasteiger partial charge on any atom is -0.489 e. The topological polar surface area (TPSA) is 58.6 Å². The summed E-state index contributed by atoms with van der Waals surface area (Å²) in [6, 6.07) is 13.4. The lowest BCUT2D eigenvalue weighted by Crippen LogP contribution is -2.36. The second-order valence-electron chi connectivity index (χ2n) is 6.02. The van der Waals surface area contributed by atoms with E-state index in [0.29, 0.717) is 19.6 Å². The lowest BCUT2D eigenvalue weighted by Gasteiger charge is -2.17. The molecule has 0 saturated heterocycles. The van der Waals surface area contributed by atoms with Crippen LogP contribution in [0, 0.1) is 6.92 Å². The number of ether oxygens (including phenoxy) is 1. The summed E-state index contributed by atoms with van der Waals surface area (Å²) in [6.45, 7) is 2.98. The first-order valence-corrected chi connectivity index (χ1v) is 10.6. The SMILES string of the molecule is CSCCC(NCc1cc(Br)ccc1OCc1ccccc1C)C(=O)O. The van der Waals surface area contributed by atoms with Crippen LogP contribution >= 0.6 is 27.7 Å². The van der Waals surface area contributed by atoms with Gasteiger partial charge >= 0.3 is 5.97 Å². The molecule has 0 aliphatic heterocycles. The molecule has 2 aromatic rings. The Morgan fingerprint density at radius 3 is 2.73 bits per heavy atom. The van der Waals surface area contributed by atoms with Crippen LogP contribution in [0.4, 0.5) is 0 Å².